The summed E-state index contributed by atoms with van der Waals surface area (Å²) in [5, 5.41) is 22.1. The number of hydrogen-bond donors (Lipinski definition) is 3. The van der Waals surface area contributed by atoms with Gasteiger partial charge in [-0.15, -0.1) is 0 Å². The average Bonchev–Trinajstić information content (AvgIpc) is 3.48. The van der Waals surface area contributed by atoms with Crippen LogP contribution in [-0.4, -0.2) is 20.1 Å². The number of rotatable bonds is 3. The van der Waals surface area contributed by atoms with Gasteiger partial charge >= 0.3 is 0 Å². The molecule has 0 aliphatic carbocycles. The number of hydrogen-bond acceptors (Lipinski definition) is 3. The summed E-state index contributed by atoms with van der Waals surface area (Å²) < 4.78 is 0. The number of fused-ring (bicyclic) bond motifs is 2. The molecule has 0 saturated carbocycles. The first-order valence-electron chi connectivity index (χ1n) is 10.6. The molecule has 0 fully saturated rings. The van der Waals surface area contributed by atoms with Gasteiger partial charge in [-0.05, 0) is 35.9 Å². The van der Waals surface area contributed by atoms with Gasteiger partial charge in [0.15, 0.2) is 0 Å². The third kappa shape index (κ3) is 3.05. The number of nitrogens with one attached hydrogen (secondary N) is 2. The van der Waals surface area contributed by atoms with Crippen LogP contribution < -0.4 is 0 Å². The molecular formula is C28H18N4O. The third-order valence-corrected chi connectivity index (χ3v) is 6.02. The highest BCUT2D eigenvalue weighted by molar-refractivity contribution is 6.00. The summed E-state index contributed by atoms with van der Waals surface area (Å²) in [6.07, 6.45) is 3.87. The molecule has 0 bridgehead atoms. The highest BCUT2D eigenvalue weighted by atomic mass is 16.3. The molecule has 0 spiro atoms. The van der Waals surface area contributed by atoms with Crippen molar-refractivity contribution in [3.63, 3.8) is 0 Å². The quantitative estimate of drug-likeness (QED) is 0.297. The minimum Gasteiger partial charge on any atom is -0.508 e. The summed E-state index contributed by atoms with van der Waals surface area (Å²) in [7, 11) is 0. The zero-order valence-electron chi connectivity index (χ0n) is 17.5. The van der Waals surface area contributed by atoms with Crippen molar-refractivity contribution in [3.8, 4) is 45.5 Å². The second-order valence-corrected chi connectivity index (χ2v) is 7.93. The maximum atomic E-state index is 10.2. The van der Waals surface area contributed by atoms with Crippen LogP contribution in [-0.2, 0) is 0 Å². The average molecular weight is 426 g/mol. The van der Waals surface area contributed by atoms with Gasteiger partial charge in [0.25, 0.3) is 0 Å². The lowest BCUT2D eigenvalue weighted by Gasteiger charge is -2.12. The van der Waals surface area contributed by atoms with E-state index >= 15 is 0 Å². The molecule has 3 aromatic heterocycles. The van der Waals surface area contributed by atoms with E-state index in [0.717, 1.165) is 49.8 Å². The lowest BCUT2D eigenvalue weighted by atomic mass is 9.94. The smallest absolute Gasteiger partial charge is 0.115 e. The zero-order valence-corrected chi connectivity index (χ0v) is 17.5. The fourth-order valence-electron chi connectivity index (χ4n) is 4.41. The molecule has 3 heterocycles. The SMILES string of the molecule is N#Cc1c(-c2ccc(O)cc2)cc(-c2c[nH]c3ccccc23)nc1-c1c[nH]c2ccccc12. The summed E-state index contributed by atoms with van der Waals surface area (Å²) in [4.78, 5) is 11.6. The Balaban J connectivity index is 1.69. The highest BCUT2D eigenvalue weighted by Crippen LogP contribution is 2.39. The Labute approximate surface area is 189 Å². The number of aromatic nitrogens is 3. The van der Waals surface area contributed by atoms with Crippen molar-refractivity contribution in [1.29, 1.82) is 5.26 Å². The molecule has 156 valence electrons. The van der Waals surface area contributed by atoms with E-state index < -0.39 is 0 Å². The van der Waals surface area contributed by atoms with Crippen LogP contribution in [0.3, 0.4) is 0 Å². The lowest BCUT2D eigenvalue weighted by Crippen LogP contribution is -1.96. The second kappa shape index (κ2) is 7.40. The Morgan fingerprint density at radius 1 is 0.727 bits per heavy atom. The normalized spacial score (nSPS) is 11.1. The monoisotopic (exact) mass is 426 g/mol. The van der Waals surface area contributed by atoms with Crippen LogP contribution in [0.15, 0.2) is 91.3 Å². The Morgan fingerprint density at radius 3 is 2.00 bits per heavy atom. The molecule has 3 N–H and O–H groups in total. The Bertz CT molecular complexity index is 1680. The predicted octanol–water partition coefficient (Wildman–Crippen LogP) is 6.62. The van der Waals surface area contributed by atoms with Crippen LogP contribution in [0, 0.1) is 11.3 Å². The van der Waals surface area contributed by atoms with Crippen LogP contribution in [0.2, 0.25) is 0 Å². The van der Waals surface area contributed by atoms with E-state index in [-0.39, 0.29) is 5.75 Å². The van der Waals surface area contributed by atoms with Crippen molar-refractivity contribution in [2.24, 2.45) is 0 Å². The van der Waals surface area contributed by atoms with Crippen molar-refractivity contribution in [2.75, 3.05) is 0 Å². The molecule has 6 aromatic rings. The van der Waals surface area contributed by atoms with E-state index in [4.69, 9.17) is 4.98 Å². The van der Waals surface area contributed by atoms with E-state index in [0.29, 0.717) is 11.3 Å². The number of phenols is 1. The number of H-pyrrole nitrogens is 2. The number of aromatic amines is 2. The molecular weight excluding hydrogens is 408 g/mol. The van der Waals surface area contributed by atoms with Crippen molar-refractivity contribution in [2.45, 2.75) is 0 Å². The molecule has 0 atom stereocenters. The minimum absolute atomic E-state index is 0.181. The van der Waals surface area contributed by atoms with Crippen molar-refractivity contribution >= 4 is 21.8 Å². The van der Waals surface area contributed by atoms with Gasteiger partial charge in [0.05, 0.1) is 17.0 Å². The third-order valence-electron chi connectivity index (χ3n) is 6.02. The van der Waals surface area contributed by atoms with Crippen LogP contribution in [0.5, 0.6) is 5.75 Å². The molecule has 5 heteroatoms. The van der Waals surface area contributed by atoms with E-state index in [1.807, 2.05) is 73.1 Å². The Kier molecular flexibility index (Phi) is 4.24. The topological polar surface area (TPSA) is 88.5 Å². The molecule has 3 aromatic carbocycles. The zero-order chi connectivity index (χ0) is 22.4. The number of phenolic OH excluding ortho intramolecular Hbond substituents is 1. The highest BCUT2D eigenvalue weighted by Gasteiger charge is 2.20. The number of pyridine rings is 1. The molecule has 0 saturated heterocycles. The van der Waals surface area contributed by atoms with Gasteiger partial charge in [0.1, 0.15) is 11.8 Å². The second-order valence-electron chi connectivity index (χ2n) is 7.93. The van der Waals surface area contributed by atoms with Crippen LogP contribution in [0.4, 0.5) is 0 Å². The summed E-state index contributed by atoms with van der Waals surface area (Å²) in [6.45, 7) is 0. The summed E-state index contributed by atoms with van der Waals surface area (Å²) in [6, 6.07) is 27.4. The molecule has 0 amide bonds. The standard InChI is InChI=1S/C28H18N4O/c29-14-22-21(17-9-11-18(33)12-10-17)13-27(23-15-30-25-7-3-1-5-19(23)25)32-28(22)24-16-31-26-8-4-2-6-20(24)26/h1-13,15-16,30-31,33H. The first kappa shape index (κ1) is 18.9. The van der Waals surface area contributed by atoms with Crippen molar-refractivity contribution < 1.29 is 5.11 Å². The van der Waals surface area contributed by atoms with E-state index in [2.05, 4.69) is 22.1 Å². The van der Waals surface area contributed by atoms with E-state index in [1.54, 1.807) is 12.1 Å². The first-order chi connectivity index (χ1) is 16.2. The predicted molar refractivity (Wildman–Crippen MR) is 131 cm³/mol. The molecule has 0 radical (unpaired) electrons. The van der Waals surface area contributed by atoms with Gasteiger partial charge < -0.3 is 15.1 Å². The van der Waals surface area contributed by atoms with Crippen LogP contribution >= 0.6 is 0 Å². The number of para-hydroxylation sites is 2. The molecule has 0 aliphatic heterocycles. The van der Waals surface area contributed by atoms with Crippen LogP contribution in [0.25, 0.3) is 55.4 Å². The van der Waals surface area contributed by atoms with Gasteiger partial charge in [0.2, 0.25) is 0 Å². The van der Waals surface area contributed by atoms with Gasteiger partial charge in [0, 0.05) is 50.9 Å². The number of nitrogens with zero attached hydrogens (tertiary/aromatic N) is 2. The van der Waals surface area contributed by atoms with E-state index in [1.165, 1.54) is 0 Å². The Hall–Kier alpha value is -4.82. The summed E-state index contributed by atoms with van der Waals surface area (Å²) in [5.74, 6) is 0.181. The van der Waals surface area contributed by atoms with Crippen molar-refractivity contribution in [3.05, 3.63) is 96.8 Å². The fraction of sp³-hybridized carbons (Fsp3) is 0. The maximum Gasteiger partial charge on any atom is 0.115 e. The molecule has 5 nitrogen and oxygen atoms in total. The van der Waals surface area contributed by atoms with Crippen LogP contribution in [0.1, 0.15) is 5.56 Å². The molecule has 0 aliphatic rings. The first-order valence-corrected chi connectivity index (χ1v) is 10.6. The minimum atomic E-state index is 0.181. The summed E-state index contributed by atoms with van der Waals surface area (Å²) in [5.41, 5.74) is 7.37. The fourth-order valence-corrected chi connectivity index (χ4v) is 4.41. The molecule has 0 unspecified atom stereocenters. The molecule has 6 rings (SSSR count). The maximum absolute atomic E-state index is 10.2. The largest absolute Gasteiger partial charge is 0.508 e. The van der Waals surface area contributed by atoms with E-state index in [9.17, 15) is 10.4 Å². The van der Waals surface area contributed by atoms with Gasteiger partial charge in [-0.3, -0.25) is 0 Å². The van der Waals surface area contributed by atoms with Gasteiger partial charge in [-0.1, -0.05) is 48.5 Å². The van der Waals surface area contributed by atoms with Gasteiger partial charge in [-0.2, -0.15) is 5.26 Å². The van der Waals surface area contributed by atoms with Crippen molar-refractivity contribution in [1.82, 2.24) is 15.0 Å². The number of nitriles is 1. The summed E-state index contributed by atoms with van der Waals surface area (Å²) >= 11 is 0. The lowest BCUT2D eigenvalue weighted by molar-refractivity contribution is 0.475. The number of aromatic hydroxyl groups is 1. The number of benzene rings is 3. The van der Waals surface area contributed by atoms with Gasteiger partial charge in [-0.25, -0.2) is 4.98 Å². The molecule has 33 heavy (non-hydrogen) atoms. The Morgan fingerprint density at radius 2 is 1.33 bits per heavy atom.